The fourth-order valence-electron chi connectivity index (χ4n) is 3.36. The number of benzene rings is 1. The molecule has 0 radical (unpaired) electrons. The number of carbonyl (C=O) groups is 1. The fourth-order valence-corrected chi connectivity index (χ4v) is 4.82. The van der Waals surface area contributed by atoms with E-state index in [9.17, 15) is 13.2 Å². The van der Waals surface area contributed by atoms with Crippen LogP contribution in [0.1, 0.15) is 37.0 Å². The van der Waals surface area contributed by atoms with Crippen molar-refractivity contribution in [2.75, 3.05) is 53.1 Å². The van der Waals surface area contributed by atoms with E-state index in [1.54, 1.807) is 19.2 Å². The van der Waals surface area contributed by atoms with Crippen LogP contribution in [0, 0.1) is 5.92 Å². The SMILES string of the molecule is CCN(CC)S(=O)(=O)c1ccc(C(=O)N2CCC(COCCOC)CC2)cc1. The third kappa shape index (κ3) is 5.76. The van der Waals surface area contributed by atoms with Gasteiger partial charge < -0.3 is 14.4 Å². The van der Waals surface area contributed by atoms with Crippen LogP contribution in [0.2, 0.25) is 0 Å². The van der Waals surface area contributed by atoms with Gasteiger partial charge in [0.1, 0.15) is 0 Å². The quantitative estimate of drug-likeness (QED) is 0.551. The lowest BCUT2D eigenvalue weighted by Gasteiger charge is -2.32. The summed E-state index contributed by atoms with van der Waals surface area (Å²) in [4.78, 5) is 14.8. The summed E-state index contributed by atoms with van der Waals surface area (Å²) >= 11 is 0. The molecule has 0 unspecified atom stereocenters. The first kappa shape index (κ1) is 22.8. The van der Waals surface area contributed by atoms with Crippen LogP contribution >= 0.6 is 0 Å². The number of hydrogen-bond donors (Lipinski definition) is 0. The summed E-state index contributed by atoms with van der Waals surface area (Å²) in [7, 11) is -1.85. The van der Waals surface area contributed by atoms with Gasteiger partial charge in [-0.15, -0.1) is 0 Å². The van der Waals surface area contributed by atoms with Gasteiger partial charge in [-0.25, -0.2) is 8.42 Å². The molecule has 0 saturated carbocycles. The van der Waals surface area contributed by atoms with Crippen LogP contribution in [0.3, 0.4) is 0 Å². The molecule has 0 N–H and O–H groups in total. The lowest BCUT2D eigenvalue weighted by molar-refractivity contribution is 0.0327. The fraction of sp³-hybridized carbons (Fsp3) is 0.650. The van der Waals surface area contributed by atoms with Crippen molar-refractivity contribution in [1.29, 1.82) is 0 Å². The van der Waals surface area contributed by atoms with E-state index in [-0.39, 0.29) is 10.8 Å². The molecule has 8 heteroatoms. The highest BCUT2D eigenvalue weighted by molar-refractivity contribution is 7.89. The van der Waals surface area contributed by atoms with Crippen LogP contribution in [0.25, 0.3) is 0 Å². The minimum absolute atomic E-state index is 0.0504. The molecule has 0 spiro atoms. The number of ether oxygens (including phenoxy) is 2. The Morgan fingerprint density at radius 2 is 1.71 bits per heavy atom. The van der Waals surface area contributed by atoms with Gasteiger partial charge in [0.2, 0.25) is 10.0 Å². The van der Waals surface area contributed by atoms with E-state index in [0.717, 1.165) is 12.8 Å². The van der Waals surface area contributed by atoms with Crippen molar-refractivity contribution < 1.29 is 22.7 Å². The number of likely N-dealkylation sites (tertiary alicyclic amines) is 1. The second kappa shape index (κ2) is 10.9. The van der Waals surface area contributed by atoms with Crippen LogP contribution in [0.4, 0.5) is 0 Å². The Kier molecular flexibility index (Phi) is 8.88. The molecule has 0 aromatic heterocycles. The number of methoxy groups -OCH3 is 1. The number of rotatable bonds is 10. The largest absolute Gasteiger partial charge is 0.382 e. The molecule has 28 heavy (non-hydrogen) atoms. The third-order valence-electron chi connectivity index (χ3n) is 5.13. The van der Waals surface area contributed by atoms with E-state index in [1.807, 2.05) is 18.7 Å². The number of sulfonamides is 1. The van der Waals surface area contributed by atoms with Crippen molar-refractivity contribution in [2.24, 2.45) is 5.92 Å². The van der Waals surface area contributed by atoms with Crippen molar-refractivity contribution in [2.45, 2.75) is 31.6 Å². The highest BCUT2D eigenvalue weighted by Gasteiger charge is 2.25. The van der Waals surface area contributed by atoms with E-state index in [2.05, 4.69) is 0 Å². The smallest absolute Gasteiger partial charge is 0.253 e. The molecule has 1 heterocycles. The predicted octanol–water partition coefficient (Wildman–Crippen LogP) is 2.23. The van der Waals surface area contributed by atoms with Gasteiger partial charge in [-0.05, 0) is 43.0 Å². The minimum Gasteiger partial charge on any atom is -0.382 e. The van der Waals surface area contributed by atoms with E-state index in [1.165, 1.54) is 16.4 Å². The van der Waals surface area contributed by atoms with Gasteiger partial charge in [-0.1, -0.05) is 13.8 Å². The maximum Gasteiger partial charge on any atom is 0.253 e. The number of piperidine rings is 1. The molecule has 1 aliphatic rings. The van der Waals surface area contributed by atoms with Gasteiger partial charge in [0.25, 0.3) is 5.91 Å². The van der Waals surface area contributed by atoms with Crippen LogP contribution < -0.4 is 0 Å². The molecule has 1 saturated heterocycles. The van der Waals surface area contributed by atoms with Gasteiger partial charge in [-0.3, -0.25) is 4.79 Å². The summed E-state index contributed by atoms with van der Waals surface area (Å²) in [6.45, 7) is 7.73. The number of nitrogens with zero attached hydrogens (tertiary/aromatic N) is 2. The summed E-state index contributed by atoms with van der Waals surface area (Å²) in [5.41, 5.74) is 0.522. The highest BCUT2D eigenvalue weighted by atomic mass is 32.2. The molecule has 1 amide bonds. The van der Waals surface area contributed by atoms with Crippen molar-refractivity contribution >= 4 is 15.9 Å². The standard InChI is InChI=1S/C20H32N2O5S/c1-4-22(5-2)28(24,25)19-8-6-18(7-9-19)20(23)21-12-10-17(11-13-21)16-27-15-14-26-3/h6-9,17H,4-5,10-16H2,1-3H3. The summed E-state index contributed by atoms with van der Waals surface area (Å²) in [5.74, 6) is 0.410. The Balaban J connectivity index is 1.92. The minimum atomic E-state index is -3.50. The maximum absolute atomic E-state index is 12.7. The molecule has 1 aliphatic heterocycles. The molecule has 1 aromatic rings. The second-order valence-corrected chi connectivity index (χ2v) is 8.85. The lowest BCUT2D eigenvalue weighted by Crippen LogP contribution is -2.39. The van der Waals surface area contributed by atoms with Gasteiger partial charge in [0.15, 0.2) is 0 Å². The van der Waals surface area contributed by atoms with Crippen molar-refractivity contribution in [3.05, 3.63) is 29.8 Å². The second-order valence-electron chi connectivity index (χ2n) is 6.92. The number of hydrogen-bond acceptors (Lipinski definition) is 5. The van der Waals surface area contributed by atoms with Crippen LogP contribution in [-0.4, -0.2) is 76.6 Å². The molecular formula is C20H32N2O5S. The summed E-state index contributed by atoms with van der Waals surface area (Å²) in [6, 6.07) is 6.27. The van der Waals surface area contributed by atoms with E-state index < -0.39 is 10.0 Å². The zero-order valence-corrected chi connectivity index (χ0v) is 17.9. The lowest BCUT2D eigenvalue weighted by atomic mass is 9.97. The first-order chi connectivity index (χ1) is 13.4. The Labute approximate surface area is 168 Å². The van der Waals surface area contributed by atoms with Crippen molar-refractivity contribution in [3.63, 3.8) is 0 Å². The first-order valence-electron chi connectivity index (χ1n) is 9.90. The van der Waals surface area contributed by atoms with Crippen molar-refractivity contribution in [1.82, 2.24) is 9.21 Å². The Morgan fingerprint density at radius 3 is 2.25 bits per heavy atom. The zero-order chi connectivity index (χ0) is 20.6. The average molecular weight is 413 g/mol. The van der Waals surface area contributed by atoms with Gasteiger partial charge in [-0.2, -0.15) is 4.31 Å². The van der Waals surface area contributed by atoms with E-state index in [0.29, 0.717) is 57.5 Å². The highest BCUT2D eigenvalue weighted by Crippen LogP contribution is 2.21. The number of amides is 1. The average Bonchev–Trinajstić information content (AvgIpc) is 2.72. The molecule has 158 valence electrons. The third-order valence-corrected chi connectivity index (χ3v) is 7.20. The molecule has 2 rings (SSSR count). The van der Waals surface area contributed by atoms with Gasteiger partial charge >= 0.3 is 0 Å². The summed E-state index contributed by atoms with van der Waals surface area (Å²) < 4.78 is 37.1. The van der Waals surface area contributed by atoms with Crippen LogP contribution in [0.15, 0.2) is 29.2 Å². The van der Waals surface area contributed by atoms with Crippen LogP contribution in [-0.2, 0) is 19.5 Å². The maximum atomic E-state index is 12.7. The van der Waals surface area contributed by atoms with E-state index in [4.69, 9.17) is 9.47 Å². The normalized spacial score (nSPS) is 15.9. The van der Waals surface area contributed by atoms with Crippen LogP contribution in [0.5, 0.6) is 0 Å². The molecule has 0 aliphatic carbocycles. The molecule has 0 bridgehead atoms. The Morgan fingerprint density at radius 1 is 1.11 bits per heavy atom. The van der Waals surface area contributed by atoms with Gasteiger partial charge in [0.05, 0.1) is 18.1 Å². The zero-order valence-electron chi connectivity index (χ0n) is 17.1. The molecule has 1 aromatic carbocycles. The van der Waals surface area contributed by atoms with Crippen molar-refractivity contribution in [3.8, 4) is 0 Å². The topological polar surface area (TPSA) is 76.2 Å². The number of carbonyl (C=O) groups excluding carboxylic acids is 1. The molecule has 7 nitrogen and oxygen atoms in total. The molecule has 0 atom stereocenters. The summed E-state index contributed by atoms with van der Waals surface area (Å²) in [6.07, 6.45) is 1.82. The Bertz CT molecular complexity index is 709. The Hall–Kier alpha value is -1.48. The first-order valence-corrected chi connectivity index (χ1v) is 11.3. The molecular weight excluding hydrogens is 380 g/mol. The predicted molar refractivity (Wildman–Crippen MR) is 108 cm³/mol. The van der Waals surface area contributed by atoms with Gasteiger partial charge in [0, 0.05) is 45.5 Å². The van der Waals surface area contributed by atoms with E-state index >= 15 is 0 Å². The molecule has 1 fully saturated rings. The monoisotopic (exact) mass is 412 g/mol. The summed E-state index contributed by atoms with van der Waals surface area (Å²) in [5, 5.41) is 0.